The molecule has 12 heteroatoms. The van der Waals surface area contributed by atoms with Crippen LogP contribution >= 0.6 is 11.3 Å². The first-order valence-electron chi connectivity index (χ1n) is 9.30. The molecule has 1 aromatic carbocycles. The molecule has 170 valence electrons. The summed E-state index contributed by atoms with van der Waals surface area (Å²) in [6.07, 6.45) is 1.05. The van der Waals surface area contributed by atoms with Crippen molar-refractivity contribution in [2.24, 2.45) is 5.16 Å². The molecule has 1 heterocycles. The smallest absolute Gasteiger partial charge is 0.362 e. The molecule has 0 unspecified atom stereocenters. The van der Waals surface area contributed by atoms with Crippen molar-refractivity contribution in [2.45, 2.75) is 24.3 Å². The van der Waals surface area contributed by atoms with Gasteiger partial charge in [0.25, 0.3) is 0 Å². The Morgan fingerprint density at radius 1 is 1.26 bits per heavy atom. The number of hydrogen-bond donors (Lipinski definition) is 1. The molecule has 0 aliphatic carbocycles. The van der Waals surface area contributed by atoms with Gasteiger partial charge in [0, 0.05) is 26.4 Å². The Bertz CT molecular complexity index is 992. The zero-order chi connectivity index (χ0) is 22.9. The van der Waals surface area contributed by atoms with Gasteiger partial charge in [0.15, 0.2) is 15.5 Å². The van der Waals surface area contributed by atoms with E-state index >= 15 is 0 Å². The number of aromatic amines is 1. The van der Waals surface area contributed by atoms with Gasteiger partial charge < -0.3 is 14.3 Å². The number of carbonyl (C=O) groups is 1. The number of methoxy groups -OCH3 is 2. The Morgan fingerprint density at radius 2 is 1.97 bits per heavy atom. The average molecular weight is 475 g/mol. The van der Waals surface area contributed by atoms with Crippen molar-refractivity contribution in [3.05, 3.63) is 41.2 Å². The molecule has 0 aliphatic rings. The second-order valence-corrected chi connectivity index (χ2v) is 9.59. The summed E-state index contributed by atoms with van der Waals surface area (Å²) in [6.45, 7) is 2.30. The Morgan fingerprint density at radius 3 is 2.55 bits per heavy atom. The van der Waals surface area contributed by atoms with Gasteiger partial charge in [-0.1, -0.05) is 17.3 Å². The summed E-state index contributed by atoms with van der Waals surface area (Å²) in [5.74, 6) is -0.711. The van der Waals surface area contributed by atoms with Crippen LogP contribution in [0.15, 0.2) is 40.5 Å². The number of hydrogen-bond acceptors (Lipinski definition) is 8. The molecule has 0 bridgehead atoms. The molecule has 2 rings (SSSR count). The van der Waals surface area contributed by atoms with Crippen molar-refractivity contribution >= 4 is 37.9 Å². The minimum atomic E-state index is -3.49. The van der Waals surface area contributed by atoms with Crippen LogP contribution in [-0.4, -0.2) is 59.3 Å². The van der Waals surface area contributed by atoms with Crippen LogP contribution in [0, 0.1) is 5.13 Å². The molecular formula is C19H25FN3O6S2+. The van der Waals surface area contributed by atoms with E-state index in [-0.39, 0.29) is 28.1 Å². The van der Waals surface area contributed by atoms with Gasteiger partial charge >= 0.3 is 11.0 Å². The molecule has 0 spiro atoms. The summed E-state index contributed by atoms with van der Waals surface area (Å²) in [4.78, 5) is 20.8. The number of H-pyrrole nitrogens is 1. The third kappa shape index (κ3) is 7.65. The highest BCUT2D eigenvalue weighted by Crippen LogP contribution is 2.16. The molecule has 31 heavy (non-hydrogen) atoms. The molecule has 2 aromatic rings. The highest BCUT2D eigenvalue weighted by molar-refractivity contribution is 7.91. The molecule has 0 radical (unpaired) electrons. The van der Waals surface area contributed by atoms with Gasteiger partial charge in [-0.25, -0.2) is 18.2 Å². The summed E-state index contributed by atoms with van der Waals surface area (Å²) in [5, 5.41) is 6.11. The number of nitrogens with one attached hydrogen (secondary N) is 2. The topological polar surface area (TPSA) is 117 Å². The van der Waals surface area contributed by atoms with Crippen LogP contribution in [0.4, 0.5) is 9.52 Å². The van der Waals surface area contributed by atoms with Gasteiger partial charge in [0.2, 0.25) is 5.13 Å². The van der Waals surface area contributed by atoms with Crippen molar-refractivity contribution in [3.63, 3.8) is 0 Å². The van der Waals surface area contributed by atoms with Crippen LogP contribution < -0.4 is 10.3 Å². The van der Waals surface area contributed by atoms with E-state index in [1.165, 1.54) is 38.5 Å². The van der Waals surface area contributed by atoms with Crippen LogP contribution in [0.3, 0.4) is 0 Å². The number of ether oxygens (including phenoxy) is 2. The fourth-order valence-corrected chi connectivity index (χ4v) is 4.33. The van der Waals surface area contributed by atoms with Gasteiger partial charge in [0.1, 0.15) is 12.3 Å². The lowest BCUT2D eigenvalue weighted by Gasteiger charge is -2.10. The van der Waals surface area contributed by atoms with Gasteiger partial charge in [-0.15, -0.1) is 0 Å². The maximum atomic E-state index is 13.2. The number of sulfone groups is 1. The van der Waals surface area contributed by atoms with E-state index in [9.17, 15) is 17.6 Å². The minimum absolute atomic E-state index is 0.0565. The molecule has 1 atom stereocenters. The Kier molecular flexibility index (Phi) is 9.49. The van der Waals surface area contributed by atoms with Gasteiger partial charge in [-0.2, -0.15) is 9.71 Å². The predicted molar refractivity (Wildman–Crippen MR) is 113 cm³/mol. The normalized spacial score (nSPS) is 13.1. The Balaban J connectivity index is 2.26. The predicted octanol–water partition coefficient (Wildman–Crippen LogP) is 1.91. The number of rotatable bonds is 12. The lowest BCUT2D eigenvalue weighted by atomic mass is 10.1. The standard InChI is InChI=1S/C19H24FN3O6S2/c1-13(12-28-3)29-23-17(18(24)22-19-21-11-16(20)30-19)14-5-7-15(8-6-14)31(25,26)10-4-9-27-2/h5-8,11,13H,4,9-10,12H2,1-3H3,(H,21,22,24)/p+1/b23-17+/t13-/m1/s1. The van der Waals surface area contributed by atoms with Gasteiger partial charge in [-0.3, -0.25) is 0 Å². The quantitative estimate of drug-likeness (QED) is 0.285. The highest BCUT2D eigenvalue weighted by Gasteiger charge is 2.24. The zero-order valence-electron chi connectivity index (χ0n) is 17.4. The van der Waals surface area contributed by atoms with Crippen molar-refractivity contribution in [1.82, 2.24) is 0 Å². The third-order valence-electron chi connectivity index (χ3n) is 3.93. The lowest BCUT2D eigenvalue weighted by Crippen LogP contribution is -2.27. The van der Waals surface area contributed by atoms with Crippen molar-refractivity contribution in [2.75, 3.05) is 38.5 Å². The lowest BCUT2D eigenvalue weighted by molar-refractivity contribution is -0.356. The Labute approximate surface area is 184 Å². The SMILES string of the molecule is COCCCS(=O)(=O)c1ccc(/C(=N\O[C@H](C)COC)C(=O)Nc2[nH+]cc(F)s2)cc1. The fraction of sp³-hybridized carbons (Fsp3) is 0.421. The molecule has 0 aliphatic heterocycles. The molecule has 0 fully saturated rings. The monoisotopic (exact) mass is 474 g/mol. The number of aromatic nitrogens is 1. The number of thiazole rings is 1. The average Bonchev–Trinajstić information content (AvgIpc) is 3.13. The number of carbonyl (C=O) groups excluding carboxylic acids is 1. The highest BCUT2D eigenvalue weighted by atomic mass is 32.2. The Hall–Kier alpha value is -2.41. The molecule has 1 amide bonds. The minimum Gasteiger partial charge on any atom is -0.390 e. The summed E-state index contributed by atoms with van der Waals surface area (Å²) in [5.41, 5.74) is 0.225. The molecule has 1 aromatic heterocycles. The van der Waals surface area contributed by atoms with Crippen LogP contribution in [-0.2, 0) is 28.9 Å². The van der Waals surface area contributed by atoms with E-state index in [4.69, 9.17) is 14.3 Å². The first kappa shape index (κ1) is 24.9. The molecule has 0 saturated heterocycles. The second kappa shape index (κ2) is 11.8. The first-order valence-corrected chi connectivity index (χ1v) is 11.8. The van der Waals surface area contributed by atoms with Crippen molar-refractivity contribution in [1.29, 1.82) is 0 Å². The maximum Gasteiger partial charge on any atom is 0.362 e. The first-order chi connectivity index (χ1) is 14.8. The number of amides is 1. The van der Waals surface area contributed by atoms with E-state index in [1.54, 1.807) is 6.92 Å². The van der Waals surface area contributed by atoms with Crippen molar-refractivity contribution in [3.8, 4) is 0 Å². The number of benzene rings is 1. The van der Waals surface area contributed by atoms with E-state index < -0.39 is 27.0 Å². The molecular weight excluding hydrogens is 449 g/mol. The summed E-state index contributed by atoms with van der Waals surface area (Å²) in [7, 11) is -0.478. The largest absolute Gasteiger partial charge is 0.390 e. The van der Waals surface area contributed by atoms with Crippen LogP contribution in [0.2, 0.25) is 0 Å². The van der Waals surface area contributed by atoms with Crippen LogP contribution in [0.5, 0.6) is 0 Å². The van der Waals surface area contributed by atoms with E-state index in [1.807, 2.05) is 0 Å². The number of nitrogens with zero attached hydrogens (tertiary/aromatic N) is 1. The van der Waals surface area contributed by atoms with E-state index in [0.29, 0.717) is 29.9 Å². The van der Waals surface area contributed by atoms with E-state index in [0.717, 1.165) is 6.20 Å². The van der Waals surface area contributed by atoms with Crippen LogP contribution in [0.1, 0.15) is 18.9 Å². The number of halogens is 1. The fourth-order valence-electron chi connectivity index (χ4n) is 2.47. The summed E-state index contributed by atoms with van der Waals surface area (Å²) >= 11 is 0.717. The molecule has 0 saturated carbocycles. The van der Waals surface area contributed by atoms with Crippen LogP contribution in [0.25, 0.3) is 0 Å². The summed E-state index contributed by atoms with van der Waals surface area (Å²) < 4.78 is 47.9. The molecule has 2 N–H and O–H groups in total. The second-order valence-electron chi connectivity index (χ2n) is 6.48. The van der Waals surface area contributed by atoms with Gasteiger partial charge in [-0.05, 0) is 36.8 Å². The zero-order valence-corrected chi connectivity index (χ0v) is 19.0. The maximum absolute atomic E-state index is 13.2. The van der Waals surface area contributed by atoms with Gasteiger partial charge in [0.05, 0.1) is 17.3 Å². The number of oxime groups is 1. The van der Waals surface area contributed by atoms with Crippen molar-refractivity contribution < 1.29 is 36.9 Å². The summed E-state index contributed by atoms with van der Waals surface area (Å²) in [6, 6.07) is 5.72. The third-order valence-corrected chi connectivity index (χ3v) is 6.49. The molecule has 9 nitrogen and oxygen atoms in total. The number of anilines is 1. The van der Waals surface area contributed by atoms with E-state index in [2.05, 4.69) is 15.5 Å².